The van der Waals surface area contributed by atoms with E-state index >= 15 is 0 Å². The van der Waals surface area contributed by atoms with Crippen LogP contribution in [0.4, 0.5) is 38.9 Å². The number of aliphatic imine (C=N–C) groups is 1. The Morgan fingerprint density at radius 1 is 0.746 bits per heavy atom. The van der Waals surface area contributed by atoms with Gasteiger partial charge in [-0.2, -0.15) is 13.2 Å². The standard InChI is InChI=1S/C23H30N4O3.C13H23NO.C11H9N3O2.C2HF3O/c1-23(2,3)10-6-9-20(28)19-12-14-11-18(14)27(19)22(30)25-16-13-26(21(24)29)17-8-5-4-7-15(16)17;1-13(2,3)6-4-5-12(15)11-8-9-7-10(9)14-11;12-11(16)14-7-9(13-5-6-15)8-3-1-2-4-10(8)14;3-2(4,5)1-6/h4-5,7-8,13-14,18-19H,6,9-12H2,1-3H3,(H2,24,29)(H,25,30);9-11,14H,4-8H2,1-3H3;1-7H,(H2,12,16);1H/t14-,18-,19+;9-,10-,11+;;/m11../s1. The van der Waals surface area contributed by atoms with Crippen LogP contribution in [-0.2, 0) is 19.2 Å². The van der Waals surface area contributed by atoms with E-state index in [1.807, 2.05) is 30.3 Å². The van der Waals surface area contributed by atoms with Crippen molar-refractivity contribution in [2.24, 2.45) is 39.1 Å². The first-order valence-corrected chi connectivity index (χ1v) is 22.6. The van der Waals surface area contributed by atoms with Crippen molar-refractivity contribution in [1.29, 1.82) is 0 Å². The van der Waals surface area contributed by atoms with Crippen LogP contribution in [0.25, 0.3) is 21.8 Å². The highest BCUT2D eigenvalue weighted by Gasteiger charge is 2.56. The molecule has 6 atom stereocenters. The maximum atomic E-state index is 13.2. The van der Waals surface area contributed by atoms with Crippen LogP contribution in [0, 0.1) is 22.7 Å². The highest BCUT2D eigenvalue weighted by molar-refractivity contribution is 6.14. The summed E-state index contributed by atoms with van der Waals surface area (Å²) < 4.78 is 33.9. The van der Waals surface area contributed by atoms with E-state index in [-0.39, 0.29) is 35.4 Å². The van der Waals surface area contributed by atoms with Gasteiger partial charge in [-0.05, 0) is 86.2 Å². The zero-order valence-electron chi connectivity index (χ0n) is 39.0. The van der Waals surface area contributed by atoms with Crippen LogP contribution in [-0.4, -0.2) is 92.8 Å². The number of ketones is 2. The number of piperidine rings is 2. The lowest BCUT2D eigenvalue weighted by molar-refractivity contribution is -0.156. The lowest BCUT2D eigenvalue weighted by Crippen LogP contribution is -2.45. The van der Waals surface area contributed by atoms with Crippen molar-refractivity contribution >= 4 is 81.6 Å². The number of para-hydroxylation sites is 2. The largest absolute Gasteiger partial charge is 0.446 e. The fourth-order valence-corrected chi connectivity index (χ4v) is 8.73. The number of primary amides is 2. The van der Waals surface area contributed by atoms with Crippen molar-refractivity contribution in [2.75, 3.05) is 5.32 Å². The number of nitrogens with one attached hydrogen (secondary N) is 2. The van der Waals surface area contributed by atoms with Gasteiger partial charge in [0.1, 0.15) is 5.78 Å². The Hall–Kier alpha value is -6.17. The molecular weight excluding hydrogens is 870 g/mol. The monoisotopic (exact) mass is 932 g/mol. The summed E-state index contributed by atoms with van der Waals surface area (Å²) in [5.74, 6) is 1.87. The van der Waals surface area contributed by atoms with Crippen molar-refractivity contribution in [3.05, 3.63) is 60.9 Å². The van der Waals surface area contributed by atoms with Crippen LogP contribution in [0.5, 0.6) is 0 Å². The number of nitrogens with zero attached hydrogens (tertiary/aromatic N) is 4. The molecule has 362 valence electrons. The minimum absolute atomic E-state index is 0.144. The number of anilines is 1. The summed E-state index contributed by atoms with van der Waals surface area (Å²) >= 11 is 0. The first-order valence-electron chi connectivity index (χ1n) is 22.6. The van der Waals surface area contributed by atoms with Crippen LogP contribution in [0.3, 0.4) is 0 Å². The molecule has 4 heterocycles. The predicted molar refractivity (Wildman–Crippen MR) is 251 cm³/mol. The van der Waals surface area contributed by atoms with Gasteiger partial charge in [-0.3, -0.25) is 33.3 Å². The van der Waals surface area contributed by atoms with Crippen molar-refractivity contribution < 1.29 is 46.7 Å². The predicted octanol–water partition coefficient (Wildman–Crippen LogP) is 9.09. The van der Waals surface area contributed by atoms with E-state index in [1.165, 1.54) is 21.8 Å². The van der Waals surface area contributed by atoms with Crippen LogP contribution in [0.2, 0.25) is 0 Å². The smallest absolute Gasteiger partial charge is 0.351 e. The second-order valence-corrected chi connectivity index (χ2v) is 20.1. The molecule has 2 aromatic heterocycles. The average Bonchev–Trinajstić information content (AvgIpc) is 3.93. The van der Waals surface area contributed by atoms with E-state index in [0.29, 0.717) is 58.3 Å². The van der Waals surface area contributed by atoms with Gasteiger partial charge >= 0.3 is 24.3 Å². The molecule has 6 N–H and O–H groups in total. The van der Waals surface area contributed by atoms with Gasteiger partial charge in [0.25, 0.3) is 0 Å². The van der Waals surface area contributed by atoms with E-state index in [4.69, 9.17) is 16.3 Å². The molecule has 2 aliphatic heterocycles. The number of hydrogen-bond donors (Lipinski definition) is 4. The number of carbonyl (C=O) groups excluding carboxylic acids is 7. The third kappa shape index (κ3) is 14.7. The Kier molecular flexibility index (Phi) is 16.7. The third-order valence-corrected chi connectivity index (χ3v) is 12.2. The van der Waals surface area contributed by atoms with Gasteiger partial charge in [0.15, 0.2) is 12.1 Å². The summed E-state index contributed by atoms with van der Waals surface area (Å²) in [7, 11) is 0. The Balaban J connectivity index is 0.000000191. The summed E-state index contributed by atoms with van der Waals surface area (Å²) in [5, 5.41) is 7.87. The minimum Gasteiger partial charge on any atom is -0.351 e. The van der Waals surface area contributed by atoms with Crippen molar-refractivity contribution in [3.8, 4) is 0 Å². The second-order valence-electron chi connectivity index (χ2n) is 20.1. The Bertz CT molecular complexity index is 2470. The summed E-state index contributed by atoms with van der Waals surface area (Å²) in [6.07, 6.45) is 8.51. The number of nitrogens with two attached hydrogens (primary N) is 2. The molecule has 2 aliphatic carbocycles. The lowest BCUT2D eigenvalue weighted by atomic mass is 9.88. The molecule has 18 heteroatoms. The normalized spacial score (nSPS) is 21.4. The first-order chi connectivity index (χ1) is 31.4. The molecule has 2 saturated carbocycles. The molecule has 4 amide bonds. The Morgan fingerprint density at radius 2 is 1.28 bits per heavy atom. The van der Waals surface area contributed by atoms with Gasteiger partial charge in [-0.1, -0.05) is 77.9 Å². The number of carbonyl (C=O) groups is 7. The number of aromatic nitrogens is 2. The van der Waals surface area contributed by atoms with E-state index in [9.17, 15) is 41.9 Å². The molecule has 2 aromatic carbocycles. The summed E-state index contributed by atoms with van der Waals surface area (Å²) in [6.45, 7) is 13.2. The second kappa shape index (κ2) is 21.6. The summed E-state index contributed by atoms with van der Waals surface area (Å²) in [5.41, 5.74) is 13.6. The van der Waals surface area contributed by atoms with Crippen LogP contribution in [0.15, 0.2) is 65.9 Å². The molecule has 4 aromatic rings. The summed E-state index contributed by atoms with van der Waals surface area (Å²) in [6, 6.07) is 13.7. The van der Waals surface area contributed by atoms with Crippen LogP contribution >= 0.6 is 0 Å². The fraction of sp³-hybridized carbons (Fsp3) is 0.510. The number of halogens is 3. The number of benzene rings is 2. The van der Waals surface area contributed by atoms with Crippen LogP contribution in [0.1, 0.15) is 106 Å². The number of aldehydes is 2. The molecule has 15 nitrogen and oxygen atoms in total. The Labute approximate surface area is 388 Å². The first kappa shape index (κ1) is 51.8. The van der Waals surface area contributed by atoms with E-state index in [1.54, 1.807) is 29.3 Å². The number of fused-ring (bicyclic) bond motifs is 4. The maximum absolute atomic E-state index is 13.2. The minimum atomic E-state index is -4.64. The van der Waals surface area contributed by atoms with Crippen molar-refractivity contribution in [3.63, 3.8) is 0 Å². The van der Waals surface area contributed by atoms with E-state index < -0.39 is 24.5 Å². The summed E-state index contributed by atoms with van der Waals surface area (Å²) in [4.78, 5) is 85.4. The van der Waals surface area contributed by atoms with Gasteiger partial charge in [0.05, 0.1) is 40.7 Å². The maximum Gasteiger partial charge on any atom is 0.446 e. The highest BCUT2D eigenvalue weighted by Crippen LogP contribution is 2.49. The molecule has 0 spiro atoms. The van der Waals surface area contributed by atoms with Gasteiger partial charge in [0.2, 0.25) is 6.29 Å². The SMILES string of the molecule is CC(C)(C)CCCC(=O)[C@@H]1C[C@H]2C[C@H]2N1.CC(C)(C)CCCC(=O)[C@@H]1C[C@H]2C[C@H]2N1C(=O)Nc1cn(C(N)=O)c2ccccc12.NC(=O)n1cc(N=CC=O)c2ccccc21.O=CC(F)(F)F. The molecular formula is C49H63F3N8O7. The molecule has 4 aliphatic rings. The molecule has 0 bridgehead atoms. The number of likely N-dealkylation sites (tertiary alicyclic amines) is 1. The van der Waals surface area contributed by atoms with Gasteiger partial charge in [-0.15, -0.1) is 0 Å². The molecule has 4 fully saturated rings. The van der Waals surface area contributed by atoms with Crippen molar-refractivity contribution in [2.45, 2.75) is 136 Å². The topological polar surface area (TPSA) is 221 Å². The fourth-order valence-electron chi connectivity index (χ4n) is 8.73. The van der Waals surface area contributed by atoms with Gasteiger partial charge in [0, 0.05) is 48.1 Å². The van der Waals surface area contributed by atoms with Crippen molar-refractivity contribution in [1.82, 2.24) is 19.4 Å². The lowest BCUT2D eigenvalue weighted by Gasteiger charge is -2.27. The zero-order chi connectivity index (χ0) is 49.4. The zero-order valence-corrected chi connectivity index (χ0v) is 39.0. The quantitative estimate of drug-likeness (QED) is 0.0837. The average molecular weight is 933 g/mol. The van der Waals surface area contributed by atoms with Crippen LogP contribution < -0.4 is 22.1 Å². The number of Topliss-reactive ketones (excluding diaryl/α,β-unsaturated/α-hetero) is 2. The number of rotatable bonds is 11. The number of alkyl halides is 3. The molecule has 0 unspecified atom stereocenters. The number of urea groups is 1. The third-order valence-electron chi connectivity index (χ3n) is 12.2. The van der Waals surface area contributed by atoms with Gasteiger partial charge < -0.3 is 27.0 Å². The Morgan fingerprint density at radius 3 is 1.81 bits per heavy atom. The molecule has 8 rings (SSSR count). The van der Waals surface area contributed by atoms with Gasteiger partial charge in [-0.25, -0.2) is 14.4 Å². The number of hydrogen-bond acceptors (Lipinski definition) is 9. The number of amides is 4. The van der Waals surface area contributed by atoms with E-state index in [0.717, 1.165) is 74.3 Å². The molecule has 0 radical (unpaired) electrons. The highest BCUT2D eigenvalue weighted by atomic mass is 19.4. The van der Waals surface area contributed by atoms with E-state index in [2.05, 4.69) is 57.2 Å². The molecule has 2 saturated heterocycles. The molecule has 67 heavy (non-hydrogen) atoms.